The summed E-state index contributed by atoms with van der Waals surface area (Å²) in [6, 6.07) is 16.6. The van der Waals surface area contributed by atoms with E-state index >= 15 is 0 Å². The van der Waals surface area contributed by atoms with Crippen LogP contribution in [0.5, 0.6) is 5.75 Å². The van der Waals surface area contributed by atoms with Crippen LogP contribution in [0.2, 0.25) is 0 Å². The maximum Gasteiger partial charge on any atom is 0.272 e. The van der Waals surface area contributed by atoms with E-state index in [1.165, 1.54) is 24.8 Å². The number of nitriles is 1. The molecular weight excluding hydrogens is 835 g/mol. The number of hydrogen-bond acceptors (Lipinski definition) is 14. The number of aromatic nitrogens is 3. The van der Waals surface area contributed by atoms with Crippen molar-refractivity contribution in [1.29, 1.82) is 5.26 Å². The fourth-order valence-electron chi connectivity index (χ4n) is 12.2. The van der Waals surface area contributed by atoms with Crippen molar-refractivity contribution in [2.75, 3.05) is 31.1 Å². The monoisotopic (exact) mass is 902 g/mol. The zero-order chi connectivity index (χ0) is 44.7. The first-order valence-electron chi connectivity index (χ1n) is 24.6. The molecule has 2 saturated carbocycles. The molecule has 346 valence electrons. The number of thioether (sulfide) groups is 1. The topological polar surface area (TPSA) is 165 Å². The van der Waals surface area contributed by atoms with Crippen LogP contribution >= 0.6 is 11.8 Å². The molecule has 14 nitrogen and oxygen atoms in total. The number of rotatable bonds is 12. The molecule has 4 saturated heterocycles. The summed E-state index contributed by atoms with van der Waals surface area (Å²) in [7, 11) is 0. The van der Waals surface area contributed by atoms with Crippen molar-refractivity contribution in [3.05, 3.63) is 76.7 Å². The van der Waals surface area contributed by atoms with Crippen LogP contribution in [-0.4, -0.2) is 105 Å². The highest BCUT2D eigenvalue weighted by molar-refractivity contribution is 8.00. The second-order valence-electron chi connectivity index (χ2n) is 20.2. The molecule has 4 N–H and O–H groups in total. The third kappa shape index (κ3) is 9.41. The number of carbonyl (C=O) groups excluding carboxylic acids is 1. The van der Waals surface area contributed by atoms with Gasteiger partial charge in [-0.05, 0) is 136 Å². The molecule has 10 rings (SSSR count). The van der Waals surface area contributed by atoms with Gasteiger partial charge in [0.1, 0.15) is 12.0 Å². The van der Waals surface area contributed by atoms with E-state index in [0.717, 1.165) is 118 Å². The summed E-state index contributed by atoms with van der Waals surface area (Å²) in [5, 5.41) is 26.0. The highest BCUT2D eigenvalue weighted by Gasteiger charge is 2.54. The molecular formula is C50H67N11O3S. The summed E-state index contributed by atoms with van der Waals surface area (Å²) in [5.74, 6) is 2.92. The van der Waals surface area contributed by atoms with Crippen molar-refractivity contribution < 1.29 is 14.3 Å². The number of hydrazine groups is 1. The van der Waals surface area contributed by atoms with Crippen LogP contribution in [0.25, 0.3) is 0 Å². The zero-order valence-electron chi connectivity index (χ0n) is 38.5. The minimum atomic E-state index is -0.168. The van der Waals surface area contributed by atoms with Crippen molar-refractivity contribution in [3.63, 3.8) is 0 Å². The maximum absolute atomic E-state index is 13.3. The fraction of sp³-hybridized carbons (Fsp3) is 0.640. The molecule has 8 unspecified atom stereocenters. The maximum atomic E-state index is 13.3. The standard InChI is InChI=1S/C50H67N11O3S/c1-5-7-35-23-39(12-9-36(35)27-51)64-38-13-10-37(11-14-38)54-48(62)41-16-17-43(58-57-41)60-20-6-18-50(29-60)25-34(26-50)22-33-8-15-40(53-28-33)46-45-30(2)31(3)65-49(45)61-32(4)56-59-47(61)42(55-46)24-44-52-19-21-63-44/h8-9,12,15-17,23,28,30-32,34,37-38,42,44-45,47,49,52,56,59H,5-7,10-11,13-14,18-22,24-26,29H2,1-4H3,(H,54,62). The molecule has 65 heavy (non-hydrogen) atoms. The van der Waals surface area contributed by atoms with Crippen molar-refractivity contribution in [3.8, 4) is 11.8 Å². The van der Waals surface area contributed by atoms with E-state index in [1.807, 2.05) is 30.3 Å². The minimum Gasteiger partial charge on any atom is -0.490 e. The van der Waals surface area contributed by atoms with Gasteiger partial charge in [-0.15, -0.1) is 22.0 Å². The van der Waals surface area contributed by atoms with Crippen LogP contribution in [0.4, 0.5) is 5.82 Å². The van der Waals surface area contributed by atoms with Gasteiger partial charge in [-0.25, -0.2) is 10.9 Å². The van der Waals surface area contributed by atoms with Crippen LogP contribution in [-0.2, 0) is 17.6 Å². The van der Waals surface area contributed by atoms with E-state index in [4.69, 9.17) is 19.5 Å². The molecule has 1 aromatic carbocycles. The molecule has 2 aliphatic carbocycles. The Morgan fingerprint density at radius 1 is 1.08 bits per heavy atom. The van der Waals surface area contributed by atoms with E-state index in [1.54, 1.807) is 0 Å². The predicted octanol–water partition coefficient (Wildman–Crippen LogP) is 6.36. The molecule has 0 radical (unpaired) electrons. The molecule has 15 heteroatoms. The van der Waals surface area contributed by atoms with Crippen molar-refractivity contribution in [2.24, 2.45) is 28.2 Å². The van der Waals surface area contributed by atoms with Crippen molar-refractivity contribution in [1.82, 2.24) is 41.6 Å². The molecule has 1 spiro atoms. The van der Waals surface area contributed by atoms with E-state index < -0.39 is 0 Å². The molecule has 2 aromatic heterocycles. The van der Waals surface area contributed by atoms with Gasteiger partial charge in [0.15, 0.2) is 11.5 Å². The predicted molar refractivity (Wildman–Crippen MR) is 253 cm³/mol. The summed E-state index contributed by atoms with van der Waals surface area (Å²) in [6.45, 7) is 12.7. The Morgan fingerprint density at radius 2 is 1.94 bits per heavy atom. The number of carbonyl (C=O) groups is 1. The number of piperidine rings is 1. The first-order valence-corrected chi connectivity index (χ1v) is 25.5. The van der Waals surface area contributed by atoms with Crippen LogP contribution < -0.4 is 31.1 Å². The van der Waals surface area contributed by atoms with Crippen LogP contribution in [0, 0.1) is 34.5 Å². The van der Waals surface area contributed by atoms with Crippen LogP contribution in [0.3, 0.4) is 0 Å². The summed E-state index contributed by atoms with van der Waals surface area (Å²) in [4.78, 5) is 29.1. The third-order valence-electron chi connectivity index (χ3n) is 15.7. The molecule has 0 bridgehead atoms. The molecule has 3 aromatic rings. The summed E-state index contributed by atoms with van der Waals surface area (Å²) >= 11 is 2.09. The van der Waals surface area contributed by atoms with Gasteiger partial charge in [-0.2, -0.15) is 5.26 Å². The number of benzene rings is 1. The van der Waals surface area contributed by atoms with Gasteiger partial charge >= 0.3 is 0 Å². The lowest BCUT2D eigenvalue weighted by atomic mass is 9.57. The Morgan fingerprint density at radius 3 is 2.68 bits per heavy atom. The second kappa shape index (κ2) is 19.2. The first-order chi connectivity index (χ1) is 31.7. The number of nitrogens with one attached hydrogen (secondary N) is 4. The highest BCUT2D eigenvalue weighted by Crippen LogP contribution is 2.53. The lowest BCUT2D eigenvalue weighted by Gasteiger charge is -2.53. The largest absolute Gasteiger partial charge is 0.490 e. The number of aryl methyl sites for hydroxylation is 1. The molecule has 8 atom stereocenters. The number of ether oxygens (including phenoxy) is 2. The summed E-state index contributed by atoms with van der Waals surface area (Å²) in [5.41, 5.74) is 13.0. The lowest BCUT2D eigenvalue weighted by Crippen LogP contribution is -2.51. The van der Waals surface area contributed by atoms with E-state index in [2.05, 4.69) is 105 Å². The van der Waals surface area contributed by atoms with Crippen molar-refractivity contribution >= 4 is 29.2 Å². The Kier molecular flexibility index (Phi) is 13.2. The Labute approximate surface area is 388 Å². The average Bonchev–Trinajstić information content (AvgIpc) is 4.02. The van der Waals surface area contributed by atoms with Gasteiger partial charge < -0.3 is 19.7 Å². The van der Waals surface area contributed by atoms with Crippen LogP contribution in [0.15, 0.2) is 53.7 Å². The third-order valence-corrected chi connectivity index (χ3v) is 17.3. The number of pyridine rings is 1. The molecule has 5 aliphatic heterocycles. The number of nitrogens with zero attached hydrogens (tertiary/aromatic N) is 7. The van der Waals surface area contributed by atoms with Gasteiger partial charge in [-0.1, -0.05) is 33.3 Å². The number of fused-ring (bicyclic) bond motifs is 3. The van der Waals surface area contributed by atoms with Gasteiger partial charge in [0.05, 0.1) is 59.5 Å². The smallest absolute Gasteiger partial charge is 0.272 e. The molecule has 6 fully saturated rings. The van der Waals surface area contributed by atoms with Gasteiger partial charge in [0.25, 0.3) is 5.91 Å². The Hall–Kier alpha value is -4.17. The van der Waals surface area contributed by atoms with Gasteiger partial charge in [0.2, 0.25) is 0 Å². The lowest BCUT2D eigenvalue weighted by molar-refractivity contribution is 0.0383. The zero-order valence-corrected chi connectivity index (χ0v) is 39.4. The van der Waals surface area contributed by atoms with Crippen molar-refractivity contribution in [2.45, 2.75) is 152 Å². The summed E-state index contributed by atoms with van der Waals surface area (Å²) < 4.78 is 12.4. The number of aliphatic imine (C=N–C) groups is 1. The number of anilines is 1. The average molecular weight is 902 g/mol. The first kappa shape index (κ1) is 44.7. The summed E-state index contributed by atoms with van der Waals surface area (Å²) in [6.07, 6.45) is 14.4. The highest BCUT2D eigenvalue weighted by atomic mass is 32.2. The quantitative estimate of drug-likeness (QED) is 0.159. The number of amides is 1. The van der Waals surface area contributed by atoms with E-state index in [0.29, 0.717) is 39.5 Å². The van der Waals surface area contributed by atoms with Gasteiger partial charge in [0, 0.05) is 49.5 Å². The van der Waals surface area contributed by atoms with Gasteiger partial charge in [-0.3, -0.25) is 25.0 Å². The molecule has 7 aliphatic rings. The normalized spacial score (nSPS) is 34.5. The second-order valence-corrected chi connectivity index (χ2v) is 21.7. The van der Waals surface area contributed by atoms with E-state index in [-0.39, 0.29) is 42.7 Å². The minimum absolute atomic E-state index is 0.0155. The SMILES string of the molecule is CCCc1cc(OC2CCC(NC(=O)c3ccc(N4CCCC5(CC(Cc6ccc(C7=NC(CC8NCCO8)C8NNC(C)N8C8SC(C)C(C)C78)nc6)C5)C4)nn3)CC2)ccc1C#N. The fourth-order valence-corrected chi connectivity index (χ4v) is 14.0. The van der Waals surface area contributed by atoms with E-state index in [9.17, 15) is 10.1 Å². The molecule has 7 heterocycles. The Balaban J connectivity index is 0.718. The van der Waals surface area contributed by atoms with Crippen LogP contribution in [0.1, 0.15) is 125 Å². The Bertz CT molecular complexity index is 2220. The molecule has 1 amide bonds. The number of hydrogen-bond donors (Lipinski definition) is 4.